The molecule has 0 unspecified atom stereocenters. The predicted octanol–water partition coefficient (Wildman–Crippen LogP) is 5.43. The first-order chi connectivity index (χ1) is 15.4. The van der Waals surface area contributed by atoms with Crippen molar-refractivity contribution in [1.82, 2.24) is 0 Å². The van der Waals surface area contributed by atoms with Crippen molar-refractivity contribution in [2.75, 3.05) is 13.7 Å². The molecule has 6 rings (SSSR count). The quantitative estimate of drug-likeness (QED) is 0.588. The lowest BCUT2D eigenvalue weighted by atomic mass is 9.48. The summed E-state index contributed by atoms with van der Waals surface area (Å²) in [6.45, 7) is 1.71. The standard InChI is InChI=1S/C27H30O5/c1-16-3-4-21(26(29)30)11-25(16)32-15-23(28)20-5-6-24(31-2)22(10-20)27-12-17-7-18(13-27)9-19(8-17)14-27/h3-6,10-11,17-19H,7-9,12-15H2,1-2H3,(H,29,30). The Morgan fingerprint density at radius 3 is 2.16 bits per heavy atom. The molecule has 4 bridgehead atoms. The Labute approximate surface area is 188 Å². The minimum absolute atomic E-state index is 0.112. The van der Waals surface area contributed by atoms with Crippen LogP contribution in [0.3, 0.4) is 0 Å². The van der Waals surface area contributed by atoms with Gasteiger partial charge in [0.25, 0.3) is 0 Å². The Balaban J connectivity index is 1.39. The molecule has 168 valence electrons. The van der Waals surface area contributed by atoms with Crippen molar-refractivity contribution < 1.29 is 24.2 Å². The maximum atomic E-state index is 13.0. The van der Waals surface area contributed by atoms with Crippen molar-refractivity contribution in [2.24, 2.45) is 17.8 Å². The number of methoxy groups -OCH3 is 1. The molecule has 32 heavy (non-hydrogen) atoms. The number of benzene rings is 2. The molecule has 2 aromatic carbocycles. The van der Waals surface area contributed by atoms with Gasteiger partial charge in [0.15, 0.2) is 12.4 Å². The Bertz CT molecular complexity index is 1030. The van der Waals surface area contributed by atoms with Gasteiger partial charge in [-0.05, 0) is 105 Å². The zero-order chi connectivity index (χ0) is 22.5. The molecule has 5 nitrogen and oxygen atoms in total. The van der Waals surface area contributed by atoms with Crippen LogP contribution in [-0.2, 0) is 5.41 Å². The van der Waals surface area contributed by atoms with E-state index < -0.39 is 5.97 Å². The third-order valence-electron chi connectivity index (χ3n) is 7.92. The van der Waals surface area contributed by atoms with Gasteiger partial charge in [0.1, 0.15) is 11.5 Å². The molecular formula is C27H30O5. The van der Waals surface area contributed by atoms with Gasteiger partial charge in [0.05, 0.1) is 12.7 Å². The van der Waals surface area contributed by atoms with Gasteiger partial charge in [-0.2, -0.15) is 0 Å². The Kier molecular flexibility index (Phi) is 5.23. The first-order valence-corrected chi connectivity index (χ1v) is 11.6. The third-order valence-corrected chi connectivity index (χ3v) is 7.92. The Morgan fingerprint density at radius 1 is 0.938 bits per heavy atom. The van der Waals surface area contributed by atoms with E-state index in [1.807, 2.05) is 25.1 Å². The molecule has 4 aliphatic carbocycles. The SMILES string of the molecule is COc1ccc(C(=O)COc2cc(C(=O)O)ccc2C)cc1C12CC3CC(CC(C3)C1)C2. The molecule has 0 amide bonds. The molecule has 0 saturated heterocycles. The lowest BCUT2D eigenvalue weighted by Crippen LogP contribution is -2.48. The van der Waals surface area contributed by atoms with Crippen LogP contribution < -0.4 is 9.47 Å². The number of carbonyl (C=O) groups is 2. The molecular weight excluding hydrogens is 404 g/mol. The maximum absolute atomic E-state index is 13.0. The van der Waals surface area contributed by atoms with Crippen LogP contribution in [0.4, 0.5) is 0 Å². The van der Waals surface area contributed by atoms with E-state index >= 15 is 0 Å². The molecule has 0 spiro atoms. The van der Waals surface area contributed by atoms with Crippen molar-refractivity contribution in [3.8, 4) is 11.5 Å². The number of carboxylic acid groups (broad SMARTS) is 1. The fourth-order valence-corrected chi connectivity index (χ4v) is 6.85. The van der Waals surface area contributed by atoms with Crippen LogP contribution in [0.15, 0.2) is 36.4 Å². The van der Waals surface area contributed by atoms with Crippen LogP contribution >= 0.6 is 0 Å². The molecule has 5 heteroatoms. The normalized spacial score (nSPS) is 27.9. The number of hydrogen-bond donors (Lipinski definition) is 1. The Morgan fingerprint density at radius 2 is 1.56 bits per heavy atom. The van der Waals surface area contributed by atoms with E-state index in [4.69, 9.17) is 9.47 Å². The zero-order valence-corrected chi connectivity index (χ0v) is 18.7. The van der Waals surface area contributed by atoms with Gasteiger partial charge in [-0.15, -0.1) is 0 Å². The monoisotopic (exact) mass is 434 g/mol. The van der Waals surface area contributed by atoms with Crippen LogP contribution in [0.5, 0.6) is 11.5 Å². The number of ether oxygens (including phenoxy) is 2. The highest BCUT2D eigenvalue weighted by atomic mass is 16.5. The van der Waals surface area contributed by atoms with Gasteiger partial charge in [-0.1, -0.05) is 6.07 Å². The lowest BCUT2D eigenvalue weighted by molar-refractivity contribution is -0.00617. The summed E-state index contributed by atoms with van der Waals surface area (Å²) in [5.41, 5.74) is 2.89. The molecule has 4 aliphatic rings. The fraction of sp³-hybridized carbons (Fsp3) is 0.481. The molecule has 0 aromatic heterocycles. The van der Waals surface area contributed by atoms with E-state index in [1.165, 1.54) is 56.2 Å². The number of rotatable bonds is 7. The third kappa shape index (κ3) is 3.68. The van der Waals surface area contributed by atoms with Crippen LogP contribution in [0.2, 0.25) is 0 Å². The van der Waals surface area contributed by atoms with Crippen molar-refractivity contribution in [3.05, 3.63) is 58.7 Å². The lowest BCUT2D eigenvalue weighted by Gasteiger charge is -2.57. The molecule has 0 heterocycles. The maximum Gasteiger partial charge on any atom is 0.335 e. The smallest absolute Gasteiger partial charge is 0.335 e. The van der Waals surface area contributed by atoms with Gasteiger partial charge in [-0.25, -0.2) is 4.79 Å². The number of hydrogen-bond acceptors (Lipinski definition) is 4. The summed E-state index contributed by atoms with van der Waals surface area (Å²) in [4.78, 5) is 24.3. The van der Waals surface area contributed by atoms with Gasteiger partial charge in [0, 0.05) is 11.1 Å². The van der Waals surface area contributed by atoms with Crippen molar-refractivity contribution in [2.45, 2.75) is 50.9 Å². The number of Topliss-reactive ketones (excluding diaryl/α,β-unsaturated/α-hetero) is 1. The second-order valence-electron chi connectivity index (χ2n) is 10.1. The van der Waals surface area contributed by atoms with E-state index in [2.05, 4.69) is 0 Å². The highest BCUT2D eigenvalue weighted by Gasteiger charge is 2.52. The minimum Gasteiger partial charge on any atom is -0.496 e. The predicted molar refractivity (Wildman–Crippen MR) is 121 cm³/mol. The first kappa shape index (κ1) is 21.0. The molecule has 0 atom stereocenters. The van der Waals surface area contributed by atoms with Crippen molar-refractivity contribution in [1.29, 1.82) is 0 Å². The number of carbonyl (C=O) groups excluding carboxylic acids is 1. The molecule has 0 aliphatic heterocycles. The van der Waals surface area contributed by atoms with E-state index in [9.17, 15) is 14.7 Å². The second kappa shape index (κ2) is 7.95. The summed E-state index contributed by atoms with van der Waals surface area (Å²) >= 11 is 0. The topological polar surface area (TPSA) is 72.8 Å². The van der Waals surface area contributed by atoms with Crippen molar-refractivity contribution in [3.63, 3.8) is 0 Å². The highest BCUT2D eigenvalue weighted by molar-refractivity contribution is 5.97. The molecule has 2 aromatic rings. The summed E-state index contributed by atoms with van der Waals surface area (Å²) in [5, 5.41) is 9.22. The Hall–Kier alpha value is -2.82. The summed E-state index contributed by atoms with van der Waals surface area (Å²) in [6.07, 6.45) is 7.69. The number of carboxylic acids is 1. The average molecular weight is 435 g/mol. The highest BCUT2D eigenvalue weighted by Crippen LogP contribution is 2.61. The first-order valence-electron chi connectivity index (χ1n) is 11.6. The molecule has 4 saturated carbocycles. The summed E-state index contributed by atoms with van der Waals surface area (Å²) in [5.74, 6) is 2.59. The van der Waals surface area contributed by atoms with Gasteiger partial charge in [0.2, 0.25) is 0 Å². The van der Waals surface area contributed by atoms with Crippen molar-refractivity contribution >= 4 is 11.8 Å². The number of aryl methyl sites for hydroxylation is 1. The summed E-state index contributed by atoms with van der Waals surface area (Å²) in [7, 11) is 1.71. The van der Waals surface area contributed by atoms with E-state index in [0.29, 0.717) is 11.3 Å². The average Bonchev–Trinajstić information content (AvgIpc) is 2.76. The van der Waals surface area contributed by atoms with Gasteiger partial charge < -0.3 is 14.6 Å². The fourth-order valence-electron chi connectivity index (χ4n) is 6.85. The number of aromatic carboxylic acids is 1. The van der Waals surface area contributed by atoms with E-state index in [-0.39, 0.29) is 23.4 Å². The minimum atomic E-state index is -1.02. The van der Waals surface area contributed by atoms with Crippen LogP contribution in [0, 0.1) is 24.7 Å². The van der Waals surface area contributed by atoms with E-state index in [1.54, 1.807) is 13.2 Å². The number of ketones is 1. The second-order valence-corrected chi connectivity index (χ2v) is 10.1. The van der Waals surface area contributed by atoms with Gasteiger partial charge >= 0.3 is 5.97 Å². The van der Waals surface area contributed by atoms with Crippen LogP contribution in [0.1, 0.15) is 70.4 Å². The molecule has 0 radical (unpaired) electrons. The molecule has 4 fully saturated rings. The molecule has 1 N–H and O–H groups in total. The van der Waals surface area contributed by atoms with Gasteiger partial charge in [-0.3, -0.25) is 4.79 Å². The van der Waals surface area contributed by atoms with Crippen LogP contribution in [-0.4, -0.2) is 30.6 Å². The summed E-state index contributed by atoms with van der Waals surface area (Å²) in [6, 6.07) is 10.5. The van der Waals surface area contributed by atoms with Crippen LogP contribution in [0.25, 0.3) is 0 Å². The zero-order valence-electron chi connectivity index (χ0n) is 18.7. The summed E-state index contributed by atoms with van der Waals surface area (Å²) < 4.78 is 11.5. The largest absolute Gasteiger partial charge is 0.496 e. The van der Waals surface area contributed by atoms with E-state index in [0.717, 1.165) is 29.1 Å².